The van der Waals surface area contributed by atoms with E-state index in [-0.39, 0.29) is 15.3 Å². The molecule has 0 spiro atoms. The van der Waals surface area contributed by atoms with Crippen LogP contribution >= 0.6 is 11.3 Å². The lowest BCUT2D eigenvalue weighted by Gasteiger charge is -2.18. The van der Waals surface area contributed by atoms with Gasteiger partial charge in [-0.25, -0.2) is 13.4 Å². The summed E-state index contributed by atoms with van der Waals surface area (Å²) in [4.78, 5) is 3.93. The number of nitrogens with two attached hydrogens (primary N) is 1. The molecule has 0 atom stereocenters. The Morgan fingerprint density at radius 3 is 2.44 bits per heavy atom. The molecule has 0 amide bonds. The molecule has 0 unspecified atom stereocenters. The fourth-order valence-corrected chi connectivity index (χ4v) is 4.22. The highest BCUT2D eigenvalue weighted by atomic mass is 32.2. The average Bonchev–Trinajstić information content (AvgIpc) is 2.44. The highest BCUT2D eigenvalue weighted by Gasteiger charge is 2.26. The maximum absolute atomic E-state index is 12.1. The molecule has 0 saturated carbocycles. The van der Waals surface area contributed by atoms with Crippen molar-refractivity contribution in [2.75, 3.05) is 19.3 Å². The molecule has 1 heterocycles. The monoisotopic (exact) mass is 263 g/mol. The minimum Gasteiger partial charge on any atom is -0.375 e. The Morgan fingerprint density at radius 1 is 1.50 bits per heavy atom. The molecule has 0 fully saturated rings. The van der Waals surface area contributed by atoms with Crippen LogP contribution in [-0.2, 0) is 10.0 Å². The van der Waals surface area contributed by atoms with E-state index in [9.17, 15) is 8.42 Å². The Kier molecular flexibility index (Phi) is 3.92. The maximum Gasteiger partial charge on any atom is 0.254 e. The number of nitrogen functional groups attached to an aromatic ring is 1. The molecular weight excluding hydrogens is 246 g/mol. The molecule has 7 heteroatoms. The Bertz CT molecular complexity index is 465. The first-order chi connectivity index (χ1) is 7.25. The molecule has 0 aliphatic rings. The lowest BCUT2D eigenvalue weighted by atomic mass is 10.2. The van der Waals surface area contributed by atoms with Crippen molar-refractivity contribution < 1.29 is 8.42 Å². The molecule has 0 radical (unpaired) electrons. The van der Waals surface area contributed by atoms with Crippen molar-refractivity contribution in [3.05, 3.63) is 5.69 Å². The summed E-state index contributed by atoms with van der Waals surface area (Å²) in [7, 11) is -1.86. The molecular formula is C9H17N3O2S2. The van der Waals surface area contributed by atoms with E-state index in [0.717, 1.165) is 11.3 Å². The molecule has 0 aliphatic heterocycles. The van der Waals surface area contributed by atoms with E-state index in [1.54, 1.807) is 14.0 Å². The van der Waals surface area contributed by atoms with Crippen LogP contribution in [-0.4, -0.2) is 31.3 Å². The summed E-state index contributed by atoms with van der Waals surface area (Å²) in [5, 5.41) is 0.286. The number of anilines is 1. The van der Waals surface area contributed by atoms with E-state index in [2.05, 4.69) is 4.98 Å². The molecule has 0 aliphatic carbocycles. The Hall–Kier alpha value is -0.660. The van der Waals surface area contributed by atoms with Crippen LogP contribution < -0.4 is 5.73 Å². The number of hydrogen-bond donors (Lipinski definition) is 1. The van der Waals surface area contributed by atoms with Gasteiger partial charge in [-0.05, 0) is 12.8 Å². The van der Waals surface area contributed by atoms with Gasteiger partial charge in [0.2, 0.25) is 0 Å². The molecule has 1 aromatic heterocycles. The average molecular weight is 263 g/mol. The standard InChI is InChI=1S/C9H17N3O2S2/c1-6(2)5-12(4)16(13,14)8-7(3)11-9(10)15-8/h6H,5H2,1-4H3,(H2,10,11). The highest BCUT2D eigenvalue weighted by Crippen LogP contribution is 2.27. The second-order valence-electron chi connectivity index (χ2n) is 4.10. The molecule has 1 aromatic rings. The van der Waals surface area contributed by atoms with Crippen LogP contribution in [0.25, 0.3) is 0 Å². The lowest BCUT2D eigenvalue weighted by Crippen LogP contribution is -2.30. The summed E-state index contributed by atoms with van der Waals surface area (Å²) in [6.07, 6.45) is 0. The number of hydrogen-bond acceptors (Lipinski definition) is 5. The van der Waals surface area contributed by atoms with Crippen LogP contribution in [0.2, 0.25) is 0 Å². The van der Waals surface area contributed by atoms with Gasteiger partial charge in [0, 0.05) is 13.6 Å². The number of nitrogens with zero attached hydrogens (tertiary/aromatic N) is 2. The van der Waals surface area contributed by atoms with E-state index < -0.39 is 10.0 Å². The maximum atomic E-state index is 12.1. The zero-order valence-corrected chi connectivity index (χ0v) is 11.5. The van der Waals surface area contributed by atoms with Gasteiger partial charge in [-0.3, -0.25) is 0 Å². The quantitative estimate of drug-likeness (QED) is 0.888. The van der Waals surface area contributed by atoms with E-state index in [4.69, 9.17) is 5.73 Å². The first kappa shape index (κ1) is 13.4. The third-order valence-electron chi connectivity index (χ3n) is 2.04. The first-order valence-electron chi connectivity index (χ1n) is 4.94. The van der Waals surface area contributed by atoms with Crippen molar-refractivity contribution in [1.29, 1.82) is 0 Å². The largest absolute Gasteiger partial charge is 0.375 e. The molecule has 5 nitrogen and oxygen atoms in total. The second kappa shape index (κ2) is 4.68. The van der Waals surface area contributed by atoms with Crippen LogP contribution in [0.4, 0.5) is 5.13 Å². The van der Waals surface area contributed by atoms with Gasteiger partial charge in [0.25, 0.3) is 10.0 Å². The van der Waals surface area contributed by atoms with Crippen molar-refractivity contribution in [2.45, 2.75) is 25.0 Å². The van der Waals surface area contributed by atoms with Gasteiger partial charge in [-0.1, -0.05) is 25.2 Å². The SMILES string of the molecule is Cc1nc(N)sc1S(=O)(=O)N(C)CC(C)C. The lowest BCUT2D eigenvalue weighted by molar-refractivity contribution is 0.418. The summed E-state index contributed by atoms with van der Waals surface area (Å²) in [6, 6.07) is 0. The number of aryl methyl sites for hydroxylation is 1. The van der Waals surface area contributed by atoms with E-state index in [1.807, 2.05) is 13.8 Å². The van der Waals surface area contributed by atoms with Crippen LogP contribution in [0.1, 0.15) is 19.5 Å². The van der Waals surface area contributed by atoms with E-state index in [0.29, 0.717) is 12.2 Å². The van der Waals surface area contributed by atoms with Gasteiger partial charge in [0.05, 0.1) is 5.69 Å². The summed E-state index contributed by atoms with van der Waals surface area (Å²) < 4.78 is 25.9. The molecule has 0 saturated heterocycles. The van der Waals surface area contributed by atoms with Crippen molar-refractivity contribution in [1.82, 2.24) is 9.29 Å². The van der Waals surface area contributed by atoms with Crippen molar-refractivity contribution >= 4 is 26.5 Å². The smallest absolute Gasteiger partial charge is 0.254 e. The molecule has 16 heavy (non-hydrogen) atoms. The van der Waals surface area contributed by atoms with E-state index >= 15 is 0 Å². The van der Waals surface area contributed by atoms with Gasteiger partial charge in [-0.15, -0.1) is 0 Å². The number of aromatic nitrogens is 1. The highest BCUT2D eigenvalue weighted by molar-refractivity contribution is 7.91. The fourth-order valence-electron chi connectivity index (χ4n) is 1.40. The number of rotatable bonds is 4. The molecule has 0 bridgehead atoms. The fraction of sp³-hybridized carbons (Fsp3) is 0.667. The van der Waals surface area contributed by atoms with Gasteiger partial charge in [0.15, 0.2) is 9.34 Å². The number of sulfonamides is 1. The Balaban J connectivity index is 3.07. The normalized spacial score (nSPS) is 12.6. The van der Waals surface area contributed by atoms with Crippen LogP contribution in [0, 0.1) is 12.8 Å². The summed E-state index contributed by atoms with van der Waals surface area (Å²) in [5.74, 6) is 0.283. The Morgan fingerprint density at radius 2 is 2.06 bits per heavy atom. The van der Waals surface area contributed by atoms with Gasteiger partial charge >= 0.3 is 0 Å². The summed E-state index contributed by atoms with van der Waals surface area (Å²) in [5.41, 5.74) is 5.97. The summed E-state index contributed by atoms with van der Waals surface area (Å²) in [6.45, 7) is 6.09. The minimum absolute atomic E-state index is 0.244. The van der Waals surface area contributed by atoms with Crippen molar-refractivity contribution in [3.8, 4) is 0 Å². The predicted octanol–water partition coefficient (Wildman–Crippen LogP) is 1.31. The topological polar surface area (TPSA) is 76.3 Å². The van der Waals surface area contributed by atoms with Crippen LogP contribution in [0.15, 0.2) is 4.21 Å². The van der Waals surface area contributed by atoms with Crippen LogP contribution in [0.3, 0.4) is 0 Å². The van der Waals surface area contributed by atoms with E-state index in [1.165, 1.54) is 4.31 Å². The predicted molar refractivity (Wildman–Crippen MR) is 65.9 cm³/mol. The zero-order valence-electron chi connectivity index (χ0n) is 9.89. The van der Waals surface area contributed by atoms with Crippen molar-refractivity contribution in [3.63, 3.8) is 0 Å². The van der Waals surface area contributed by atoms with Crippen molar-refractivity contribution in [2.24, 2.45) is 5.92 Å². The minimum atomic E-state index is -3.43. The third kappa shape index (κ3) is 2.72. The van der Waals surface area contributed by atoms with Crippen LogP contribution in [0.5, 0.6) is 0 Å². The molecule has 0 aromatic carbocycles. The zero-order chi connectivity index (χ0) is 12.5. The van der Waals surface area contributed by atoms with Gasteiger partial charge in [-0.2, -0.15) is 4.31 Å². The molecule has 92 valence electrons. The van der Waals surface area contributed by atoms with Gasteiger partial charge in [0.1, 0.15) is 0 Å². The Labute approximate surface area is 100 Å². The molecule has 2 N–H and O–H groups in total. The number of thiazole rings is 1. The van der Waals surface area contributed by atoms with Gasteiger partial charge < -0.3 is 5.73 Å². The third-order valence-corrected chi connectivity index (χ3v) is 5.43. The first-order valence-corrected chi connectivity index (χ1v) is 7.20. The summed E-state index contributed by atoms with van der Waals surface area (Å²) >= 11 is 1.01. The second-order valence-corrected chi connectivity index (χ2v) is 7.38. The molecule has 1 rings (SSSR count).